The number of halogens is 5. The van der Waals surface area contributed by atoms with Crippen molar-refractivity contribution >= 4 is 21.7 Å². The second-order valence-corrected chi connectivity index (χ2v) is 7.23. The molecule has 1 N–H and O–H groups in total. The lowest BCUT2D eigenvalue weighted by Crippen LogP contribution is -2.33. The van der Waals surface area contributed by atoms with Crippen molar-refractivity contribution in [2.45, 2.75) is 23.9 Å². The predicted octanol–water partition coefficient (Wildman–Crippen LogP) is 3.63. The Labute approximate surface area is 156 Å². The van der Waals surface area contributed by atoms with E-state index in [0.29, 0.717) is 12.1 Å². The molecule has 0 spiro atoms. The number of ether oxygens (including phenoxy) is 1. The summed E-state index contributed by atoms with van der Waals surface area (Å²) in [5.74, 6) is -5.90. The molecule has 0 amide bonds. The minimum atomic E-state index is -5.79. The molecule has 2 rings (SSSR count). The summed E-state index contributed by atoms with van der Waals surface area (Å²) in [7, 11) is -3.20. The number of alkyl halides is 5. The first-order valence-corrected chi connectivity index (χ1v) is 8.91. The number of nitrogens with zero attached hydrogens (tertiary/aromatic N) is 1. The van der Waals surface area contributed by atoms with Crippen molar-refractivity contribution in [3.8, 4) is 0 Å². The average Bonchev–Trinajstić information content (AvgIpc) is 2.60. The van der Waals surface area contributed by atoms with Gasteiger partial charge in [0.05, 0.1) is 18.4 Å². The molecule has 0 atom stereocenters. The third-order valence-electron chi connectivity index (χ3n) is 3.63. The van der Waals surface area contributed by atoms with Crippen molar-refractivity contribution in [3.05, 3.63) is 53.3 Å². The van der Waals surface area contributed by atoms with Gasteiger partial charge >= 0.3 is 18.1 Å². The van der Waals surface area contributed by atoms with E-state index >= 15 is 0 Å². The molecule has 0 aliphatic rings. The van der Waals surface area contributed by atoms with Crippen molar-refractivity contribution in [1.82, 2.24) is 4.98 Å². The summed E-state index contributed by atoms with van der Waals surface area (Å²) >= 11 is 0. The molecule has 0 aliphatic carbocycles. The second-order valence-electron chi connectivity index (χ2n) is 5.55. The quantitative estimate of drug-likeness (QED) is 0.585. The average molecular weight is 424 g/mol. The first kappa shape index (κ1) is 21.5. The topological polar surface area (TPSA) is 85.4 Å². The van der Waals surface area contributed by atoms with Crippen LogP contribution in [0.2, 0.25) is 0 Å². The molecule has 0 radical (unpaired) electrons. The van der Waals surface area contributed by atoms with Crippen molar-refractivity contribution in [2.75, 3.05) is 11.8 Å². The van der Waals surface area contributed by atoms with E-state index < -0.39 is 38.6 Å². The number of rotatable bonds is 5. The van der Waals surface area contributed by atoms with Crippen LogP contribution >= 0.6 is 0 Å². The molecule has 12 heteroatoms. The summed E-state index contributed by atoms with van der Waals surface area (Å²) < 4.78 is 95.0. The van der Waals surface area contributed by atoms with Gasteiger partial charge in [-0.1, -0.05) is 12.1 Å². The lowest BCUT2D eigenvalue weighted by Gasteiger charge is -2.20. The molecule has 28 heavy (non-hydrogen) atoms. The van der Waals surface area contributed by atoms with Gasteiger partial charge in [-0.2, -0.15) is 22.0 Å². The van der Waals surface area contributed by atoms with Crippen LogP contribution in [0.3, 0.4) is 0 Å². The van der Waals surface area contributed by atoms with Gasteiger partial charge in [-0.05, 0) is 25.1 Å². The number of anilines is 1. The van der Waals surface area contributed by atoms with E-state index in [1.165, 1.54) is 6.92 Å². The molecule has 1 aromatic carbocycles. The molecule has 0 aliphatic heterocycles. The molecular weight excluding hydrogens is 411 g/mol. The van der Waals surface area contributed by atoms with E-state index in [9.17, 15) is 35.2 Å². The van der Waals surface area contributed by atoms with E-state index in [-0.39, 0.29) is 16.9 Å². The second kappa shape index (κ2) is 7.34. The van der Waals surface area contributed by atoms with E-state index in [4.69, 9.17) is 0 Å². The summed E-state index contributed by atoms with van der Waals surface area (Å²) in [6.45, 7) is 1.45. The number of hydrogen-bond donors (Lipinski definition) is 1. The predicted molar refractivity (Wildman–Crippen MR) is 87.5 cm³/mol. The minimum Gasteiger partial charge on any atom is -0.465 e. The first-order chi connectivity index (χ1) is 12.8. The maximum Gasteiger partial charge on any atom is 0.458 e. The van der Waals surface area contributed by atoms with Crippen molar-refractivity contribution in [3.63, 3.8) is 0 Å². The number of hydrogen-bond acceptors (Lipinski definition) is 5. The SMILES string of the molecule is COC(=O)c1cc(S(=O)(=O)Nc2ccc(C(F)(F)C(F)(F)F)cc2)cnc1C. The lowest BCUT2D eigenvalue weighted by molar-refractivity contribution is -0.289. The van der Waals surface area contributed by atoms with E-state index in [1.54, 1.807) is 0 Å². The summed E-state index contributed by atoms with van der Waals surface area (Å²) in [5, 5.41) is 0. The van der Waals surface area contributed by atoms with Gasteiger partial charge in [0.25, 0.3) is 10.0 Å². The lowest BCUT2D eigenvalue weighted by atomic mass is 10.1. The summed E-state index contributed by atoms with van der Waals surface area (Å²) in [6, 6.07) is 3.44. The third-order valence-corrected chi connectivity index (χ3v) is 4.98. The highest BCUT2D eigenvalue weighted by molar-refractivity contribution is 7.92. The fourth-order valence-corrected chi connectivity index (χ4v) is 3.13. The minimum absolute atomic E-state index is 0.106. The van der Waals surface area contributed by atoms with Gasteiger partial charge in [-0.3, -0.25) is 9.71 Å². The standard InChI is InChI=1S/C16H13F5N2O4S/c1-9-13(14(24)27-2)7-12(8-22-9)28(25,26)23-11-5-3-10(4-6-11)15(17,18)16(19,20)21/h3-8,23H,1-2H3. The Morgan fingerprint density at radius 3 is 2.18 bits per heavy atom. The number of esters is 1. The number of carbonyl (C=O) groups is 1. The van der Waals surface area contributed by atoms with Crippen molar-refractivity contribution in [1.29, 1.82) is 0 Å². The molecule has 152 valence electrons. The molecule has 6 nitrogen and oxygen atoms in total. The molecular formula is C16H13F5N2O4S. The summed E-state index contributed by atoms with van der Waals surface area (Å²) in [4.78, 5) is 15.0. The Hall–Kier alpha value is -2.76. The Balaban J connectivity index is 2.32. The van der Waals surface area contributed by atoms with Crippen LogP contribution in [0.15, 0.2) is 41.4 Å². The van der Waals surface area contributed by atoms with Gasteiger partial charge in [0.15, 0.2) is 0 Å². The van der Waals surface area contributed by atoms with Gasteiger partial charge in [0, 0.05) is 17.4 Å². The smallest absolute Gasteiger partial charge is 0.458 e. The number of methoxy groups -OCH3 is 1. The molecule has 1 heterocycles. The molecule has 0 unspecified atom stereocenters. The fraction of sp³-hybridized carbons (Fsp3) is 0.250. The Morgan fingerprint density at radius 2 is 1.68 bits per heavy atom. The molecule has 0 saturated heterocycles. The number of pyridine rings is 1. The van der Waals surface area contributed by atoms with E-state index in [0.717, 1.165) is 31.5 Å². The molecule has 0 fully saturated rings. The molecule has 2 aromatic rings. The van der Waals surface area contributed by atoms with Crippen LogP contribution in [-0.2, 0) is 20.7 Å². The highest BCUT2D eigenvalue weighted by Gasteiger charge is 2.58. The third kappa shape index (κ3) is 4.21. The fourth-order valence-electron chi connectivity index (χ4n) is 2.10. The maximum atomic E-state index is 13.3. The van der Waals surface area contributed by atoms with Gasteiger partial charge in [-0.15, -0.1) is 0 Å². The number of carbonyl (C=O) groups excluding carboxylic acids is 1. The largest absolute Gasteiger partial charge is 0.465 e. The van der Waals surface area contributed by atoms with Crippen LogP contribution in [0, 0.1) is 6.92 Å². The number of nitrogens with one attached hydrogen (secondary N) is 1. The van der Waals surface area contributed by atoms with Crippen LogP contribution in [0.1, 0.15) is 21.6 Å². The normalized spacial score (nSPS) is 12.5. The van der Waals surface area contributed by atoms with Crippen LogP contribution < -0.4 is 4.72 Å². The van der Waals surface area contributed by atoms with Crippen molar-refractivity contribution < 1.29 is 39.9 Å². The highest BCUT2D eigenvalue weighted by Crippen LogP contribution is 2.43. The monoisotopic (exact) mass is 424 g/mol. The Bertz CT molecular complexity index is 989. The number of aromatic nitrogens is 1. The Morgan fingerprint density at radius 1 is 1.11 bits per heavy atom. The number of benzene rings is 1. The van der Waals surface area contributed by atoms with E-state index in [2.05, 4.69) is 9.72 Å². The summed E-state index contributed by atoms with van der Waals surface area (Å²) in [5.41, 5.74) is -1.50. The van der Waals surface area contributed by atoms with E-state index in [1.807, 2.05) is 4.72 Å². The zero-order chi connectivity index (χ0) is 21.3. The van der Waals surface area contributed by atoms with Gasteiger partial charge in [-0.25, -0.2) is 13.2 Å². The van der Waals surface area contributed by atoms with Crippen LogP contribution in [-0.4, -0.2) is 32.7 Å². The van der Waals surface area contributed by atoms with Gasteiger partial charge < -0.3 is 4.74 Å². The van der Waals surface area contributed by atoms with Crippen LogP contribution in [0.5, 0.6) is 0 Å². The highest BCUT2D eigenvalue weighted by atomic mass is 32.2. The number of aryl methyl sites for hydroxylation is 1. The zero-order valence-corrected chi connectivity index (χ0v) is 15.2. The van der Waals surface area contributed by atoms with Crippen LogP contribution in [0.4, 0.5) is 27.6 Å². The van der Waals surface area contributed by atoms with Crippen molar-refractivity contribution in [2.24, 2.45) is 0 Å². The first-order valence-electron chi connectivity index (χ1n) is 7.42. The molecule has 1 aromatic heterocycles. The van der Waals surface area contributed by atoms with Gasteiger partial charge in [0.2, 0.25) is 0 Å². The number of sulfonamides is 1. The zero-order valence-electron chi connectivity index (χ0n) is 14.3. The maximum absolute atomic E-state index is 13.3. The van der Waals surface area contributed by atoms with Crippen LogP contribution in [0.25, 0.3) is 0 Å². The molecule has 0 saturated carbocycles. The van der Waals surface area contributed by atoms with Gasteiger partial charge in [0.1, 0.15) is 4.90 Å². The Kier molecular flexibility index (Phi) is 5.64. The summed E-state index contributed by atoms with van der Waals surface area (Å²) in [6.07, 6.45) is -4.83. The molecule has 0 bridgehead atoms.